The monoisotopic (exact) mass is 460 g/mol. The van der Waals surface area contributed by atoms with Crippen molar-refractivity contribution in [2.24, 2.45) is 11.6 Å². The minimum Gasteiger partial charge on any atom is -0.473 e. The molecule has 2 heterocycles. The van der Waals surface area contributed by atoms with Crippen molar-refractivity contribution in [2.75, 3.05) is 18.9 Å². The van der Waals surface area contributed by atoms with Crippen LogP contribution in [0.5, 0.6) is 5.88 Å². The van der Waals surface area contributed by atoms with E-state index in [0.29, 0.717) is 41.2 Å². The van der Waals surface area contributed by atoms with Crippen LogP contribution >= 0.6 is 0 Å². The van der Waals surface area contributed by atoms with Gasteiger partial charge >= 0.3 is 0 Å². The van der Waals surface area contributed by atoms with Gasteiger partial charge in [0.2, 0.25) is 11.8 Å². The number of anilines is 1. The second-order valence-corrected chi connectivity index (χ2v) is 8.48. The van der Waals surface area contributed by atoms with Gasteiger partial charge < -0.3 is 20.8 Å². The zero-order valence-electron chi connectivity index (χ0n) is 19.7. The highest BCUT2D eigenvalue weighted by atomic mass is 16.5. The van der Waals surface area contributed by atoms with Crippen LogP contribution in [0.25, 0.3) is 17.0 Å². The second-order valence-electron chi connectivity index (χ2n) is 8.48. The number of hydrazine groups is 1. The van der Waals surface area contributed by atoms with Crippen LogP contribution in [0, 0.1) is 6.92 Å². The van der Waals surface area contributed by atoms with E-state index in [2.05, 4.69) is 25.3 Å². The summed E-state index contributed by atoms with van der Waals surface area (Å²) in [6.45, 7) is 2.20. The van der Waals surface area contributed by atoms with Gasteiger partial charge in [-0.05, 0) is 38.7 Å². The molecule has 0 aliphatic heterocycles. The van der Waals surface area contributed by atoms with Crippen molar-refractivity contribution in [1.29, 1.82) is 0 Å². The Labute approximate surface area is 200 Å². The number of nitrogens with one attached hydrogen (secondary N) is 1. The molecule has 0 saturated heterocycles. The highest BCUT2D eigenvalue weighted by molar-refractivity contribution is 5.64. The number of nitrogens with zero attached hydrogens (tertiary/aromatic N) is 5. The van der Waals surface area contributed by atoms with Gasteiger partial charge in [0.25, 0.3) is 0 Å². The van der Waals surface area contributed by atoms with Gasteiger partial charge in [-0.15, -0.1) is 0 Å². The van der Waals surface area contributed by atoms with E-state index in [1.54, 1.807) is 19.4 Å². The summed E-state index contributed by atoms with van der Waals surface area (Å²) in [5.41, 5.74) is 10.6. The fraction of sp³-hybridized carbons (Fsp3) is 0.360. The van der Waals surface area contributed by atoms with E-state index >= 15 is 0 Å². The average molecular weight is 461 g/mol. The molecule has 0 atom stereocenters. The number of rotatable bonds is 8. The SMILES string of the molecule is Cc1nc(/C(N)=C(\CNc2nccc(-c3ccccc3)n2)N(C)N)cnc1OC1CCCCC1. The normalized spacial score (nSPS) is 14.9. The maximum Gasteiger partial charge on any atom is 0.235 e. The maximum atomic E-state index is 6.46. The fourth-order valence-electron chi connectivity index (χ4n) is 3.99. The summed E-state index contributed by atoms with van der Waals surface area (Å²) >= 11 is 0. The van der Waals surface area contributed by atoms with Gasteiger partial charge in [-0.3, -0.25) is 0 Å². The summed E-state index contributed by atoms with van der Waals surface area (Å²) in [5, 5.41) is 4.68. The molecule has 1 fully saturated rings. The van der Waals surface area contributed by atoms with Gasteiger partial charge in [-0.2, -0.15) is 0 Å². The minimum absolute atomic E-state index is 0.210. The number of ether oxygens (including phenoxy) is 1. The first kappa shape index (κ1) is 23.4. The Bertz CT molecular complexity index is 1130. The molecule has 0 spiro atoms. The van der Waals surface area contributed by atoms with Crippen LogP contribution in [0.1, 0.15) is 43.5 Å². The lowest BCUT2D eigenvalue weighted by molar-refractivity contribution is 0.147. The number of aryl methyl sites for hydroxylation is 1. The lowest BCUT2D eigenvalue weighted by Crippen LogP contribution is -2.32. The van der Waals surface area contributed by atoms with E-state index in [0.717, 1.165) is 24.1 Å². The summed E-state index contributed by atoms with van der Waals surface area (Å²) in [4.78, 5) is 18.1. The third-order valence-corrected chi connectivity index (χ3v) is 5.88. The van der Waals surface area contributed by atoms with E-state index < -0.39 is 0 Å². The second kappa shape index (κ2) is 10.9. The third-order valence-electron chi connectivity index (χ3n) is 5.88. The van der Waals surface area contributed by atoms with E-state index in [1.807, 2.05) is 43.3 Å². The first-order chi connectivity index (χ1) is 16.5. The molecule has 1 aliphatic rings. The number of benzene rings is 1. The minimum atomic E-state index is 0.210. The van der Waals surface area contributed by atoms with Crippen molar-refractivity contribution in [3.63, 3.8) is 0 Å². The number of hydrogen-bond donors (Lipinski definition) is 3. The molecule has 9 nitrogen and oxygen atoms in total. The third kappa shape index (κ3) is 5.79. The van der Waals surface area contributed by atoms with Gasteiger partial charge in [0.15, 0.2) is 0 Å². The van der Waals surface area contributed by atoms with Crippen molar-refractivity contribution in [2.45, 2.75) is 45.1 Å². The topological polar surface area (TPSA) is 128 Å². The van der Waals surface area contributed by atoms with Crippen LogP contribution in [0.2, 0.25) is 0 Å². The Morgan fingerprint density at radius 2 is 1.85 bits per heavy atom. The average Bonchev–Trinajstić information content (AvgIpc) is 2.86. The van der Waals surface area contributed by atoms with E-state index in [1.165, 1.54) is 24.3 Å². The summed E-state index contributed by atoms with van der Waals surface area (Å²) in [7, 11) is 1.73. The van der Waals surface area contributed by atoms with Gasteiger partial charge in [-0.1, -0.05) is 36.8 Å². The first-order valence-corrected chi connectivity index (χ1v) is 11.6. The molecule has 1 saturated carbocycles. The molecule has 1 aliphatic carbocycles. The number of hydrogen-bond acceptors (Lipinski definition) is 9. The van der Waals surface area contributed by atoms with Crippen LogP contribution in [0.4, 0.5) is 5.95 Å². The van der Waals surface area contributed by atoms with Crippen molar-refractivity contribution < 1.29 is 4.74 Å². The Morgan fingerprint density at radius 3 is 2.56 bits per heavy atom. The Kier molecular flexibility index (Phi) is 7.54. The van der Waals surface area contributed by atoms with Crippen LogP contribution in [-0.2, 0) is 0 Å². The standard InChI is InChI=1S/C25H32N8O/c1-17-24(34-19-11-7-4-8-12-19)29-15-21(31-17)23(26)22(33(2)27)16-30-25-28-14-13-20(32-25)18-9-5-3-6-10-18/h3,5-6,9-10,13-15,19H,4,7-8,11-12,16,26-27H2,1-2H3,(H,28,30,32)/b23-22-. The highest BCUT2D eigenvalue weighted by Crippen LogP contribution is 2.24. The molecule has 4 rings (SSSR count). The maximum absolute atomic E-state index is 6.46. The molecule has 0 unspecified atom stereocenters. The molecule has 0 amide bonds. The molecular formula is C25H32N8O. The molecule has 9 heteroatoms. The van der Waals surface area contributed by atoms with Crippen molar-refractivity contribution in [1.82, 2.24) is 24.9 Å². The zero-order valence-corrected chi connectivity index (χ0v) is 19.7. The first-order valence-electron chi connectivity index (χ1n) is 11.6. The van der Waals surface area contributed by atoms with Crippen molar-refractivity contribution >= 4 is 11.6 Å². The van der Waals surface area contributed by atoms with Crippen molar-refractivity contribution in [3.05, 3.63) is 65.9 Å². The lowest BCUT2D eigenvalue weighted by Gasteiger charge is -2.23. The molecule has 34 heavy (non-hydrogen) atoms. The fourth-order valence-corrected chi connectivity index (χ4v) is 3.99. The zero-order chi connectivity index (χ0) is 23.9. The molecule has 3 aromatic rings. The van der Waals surface area contributed by atoms with Crippen LogP contribution in [-0.4, -0.2) is 44.6 Å². The summed E-state index contributed by atoms with van der Waals surface area (Å²) in [5.74, 6) is 7.14. The Balaban J connectivity index is 1.49. The molecule has 0 radical (unpaired) electrons. The molecular weight excluding hydrogens is 428 g/mol. The highest BCUT2D eigenvalue weighted by Gasteiger charge is 2.18. The summed E-state index contributed by atoms with van der Waals surface area (Å²) < 4.78 is 6.09. The quantitative estimate of drug-likeness (QED) is 0.342. The van der Waals surface area contributed by atoms with E-state index in [4.69, 9.17) is 16.3 Å². The van der Waals surface area contributed by atoms with Crippen molar-refractivity contribution in [3.8, 4) is 17.1 Å². The number of aromatic nitrogens is 4. The number of likely N-dealkylation sites (N-methyl/N-ethyl adjacent to an activating group) is 1. The molecule has 0 bridgehead atoms. The van der Waals surface area contributed by atoms with E-state index in [9.17, 15) is 0 Å². The number of nitrogens with two attached hydrogens (primary N) is 2. The lowest BCUT2D eigenvalue weighted by atomic mass is 9.98. The molecule has 1 aromatic carbocycles. The van der Waals surface area contributed by atoms with Gasteiger partial charge in [0, 0.05) is 18.8 Å². The van der Waals surface area contributed by atoms with Gasteiger partial charge in [-0.25, -0.2) is 25.8 Å². The van der Waals surface area contributed by atoms with Crippen LogP contribution in [0.3, 0.4) is 0 Å². The Morgan fingerprint density at radius 1 is 1.09 bits per heavy atom. The Hall–Kier alpha value is -3.72. The predicted octanol–water partition coefficient (Wildman–Crippen LogP) is 3.50. The predicted molar refractivity (Wildman–Crippen MR) is 133 cm³/mol. The summed E-state index contributed by atoms with van der Waals surface area (Å²) in [6, 6.07) is 11.8. The molecule has 5 N–H and O–H groups in total. The van der Waals surface area contributed by atoms with E-state index in [-0.39, 0.29) is 6.10 Å². The van der Waals surface area contributed by atoms with Crippen LogP contribution < -0.4 is 21.6 Å². The van der Waals surface area contributed by atoms with Crippen LogP contribution in [0.15, 0.2) is 54.5 Å². The van der Waals surface area contributed by atoms with Gasteiger partial charge in [0.05, 0.1) is 29.8 Å². The smallest absolute Gasteiger partial charge is 0.235 e. The van der Waals surface area contributed by atoms with Gasteiger partial charge in [0.1, 0.15) is 17.5 Å². The molecule has 178 valence electrons. The molecule has 2 aromatic heterocycles. The largest absolute Gasteiger partial charge is 0.473 e. The summed E-state index contributed by atoms with van der Waals surface area (Å²) in [6.07, 6.45) is 9.35.